The van der Waals surface area contributed by atoms with Crippen LogP contribution in [0.4, 0.5) is 5.69 Å². The molecule has 1 heterocycles. The van der Waals surface area contributed by atoms with E-state index in [9.17, 15) is 9.59 Å². The highest BCUT2D eigenvalue weighted by atomic mass is 16.3. The van der Waals surface area contributed by atoms with Crippen molar-refractivity contribution in [2.45, 2.75) is 6.42 Å². The van der Waals surface area contributed by atoms with Crippen LogP contribution in [-0.4, -0.2) is 5.91 Å². The van der Waals surface area contributed by atoms with Crippen LogP contribution in [-0.2, 0) is 11.2 Å². The zero-order valence-electron chi connectivity index (χ0n) is 13.4. The van der Waals surface area contributed by atoms with Gasteiger partial charge in [0.2, 0.25) is 11.3 Å². The topological polar surface area (TPSA) is 59.3 Å². The summed E-state index contributed by atoms with van der Waals surface area (Å²) in [6.45, 7) is 0. The first kappa shape index (κ1) is 15.1. The van der Waals surface area contributed by atoms with Crippen LogP contribution in [0.15, 0.2) is 82.0 Å². The summed E-state index contributed by atoms with van der Waals surface area (Å²) in [6, 6.07) is 21.8. The van der Waals surface area contributed by atoms with Crippen LogP contribution in [0.3, 0.4) is 0 Å². The van der Waals surface area contributed by atoms with Crippen molar-refractivity contribution in [3.8, 4) is 0 Å². The zero-order valence-corrected chi connectivity index (χ0v) is 13.4. The van der Waals surface area contributed by atoms with Gasteiger partial charge in [-0.05, 0) is 29.8 Å². The normalized spacial score (nSPS) is 10.9. The van der Waals surface area contributed by atoms with Gasteiger partial charge in [0.1, 0.15) is 11.2 Å². The molecule has 122 valence electrons. The number of hydrogen-bond donors (Lipinski definition) is 1. The number of benzene rings is 3. The van der Waals surface area contributed by atoms with Gasteiger partial charge in [-0.2, -0.15) is 0 Å². The first-order valence-corrected chi connectivity index (χ1v) is 8.00. The van der Waals surface area contributed by atoms with Crippen LogP contribution in [0, 0.1) is 0 Å². The lowest BCUT2D eigenvalue weighted by molar-refractivity contribution is -0.115. The molecule has 1 amide bonds. The van der Waals surface area contributed by atoms with E-state index in [2.05, 4.69) is 5.32 Å². The van der Waals surface area contributed by atoms with E-state index in [1.165, 1.54) is 0 Å². The molecule has 0 radical (unpaired) electrons. The fourth-order valence-electron chi connectivity index (χ4n) is 2.87. The van der Waals surface area contributed by atoms with Crippen molar-refractivity contribution < 1.29 is 9.21 Å². The van der Waals surface area contributed by atoms with Crippen molar-refractivity contribution in [2.24, 2.45) is 0 Å². The highest BCUT2D eigenvalue weighted by molar-refractivity contribution is 5.96. The Morgan fingerprint density at radius 3 is 2.40 bits per heavy atom. The SMILES string of the molecule is O=C(Cc1ccccc1)Nc1ccc2c(=O)c3ccccc3oc2c1. The third kappa shape index (κ3) is 3.02. The minimum Gasteiger partial charge on any atom is -0.456 e. The van der Waals surface area contributed by atoms with Crippen LogP contribution < -0.4 is 10.7 Å². The predicted molar refractivity (Wildman–Crippen MR) is 98.8 cm³/mol. The maximum atomic E-state index is 12.5. The second-order valence-electron chi connectivity index (χ2n) is 5.85. The Morgan fingerprint density at radius 1 is 0.840 bits per heavy atom. The van der Waals surface area contributed by atoms with E-state index in [0.29, 0.717) is 34.0 Å². The number of carbonyl (C=O) groups excluding carboxylic acids is 1. The molecule has 0 saturated carbocycles. The van der Waals surface area contributed by atoms with Crippen molar-refractivity contribution in [1.82, 2.24) is 0 Å². The molecule has 0 aliphatic rings. The van der Waals surface area contributed by atoms with E-state index in [0.717, 1.165) is 5.56 Å². The summed E-state index contributed by atoms with van der Waals surface area (Å²) in [4.78, 5) is 24.7. The number of para-hydroxylation sites is 1. The molecule has 4 nitrogen and oxygen atoms in total. The average molecular weight is 329 g/mol. The number of hydrogen-bond acceptors (Lipinski definition) is 3. The Morgan fingerprint density at radius 2 is 1.56 bits per heavy atom. The van der Waals surface area contributed by atoms with E-state index in [1.807, 2.05) is 42.5 Å². The third-order valence-electron chi connectivity index (χ3n) is 4.07. The molecule has 4 rings (SSSR count). The van der Waals surface area contributed by atoms with E-state index < -0.39 is 0 Å². The summed E-state index contributed by atoms with van der Waals surface area (Å²) >= 11 is 0. The van der Waals surface area contributed by atoms with E-state index in [1.54, 1.807) is 30.3 Å². The molecule has 25 heavy (non-hydrogen) atoms. The van der Waals surface area contributed by atoms with Crippen LogP contribution in [0.1, 0.15) is 5.56 Å². The van der Waals surface area contributed by atoms with Crippen molar-refractivity contribution >= 4 is 33.5 Å². The molecular formula is C21H15NO3. The molecule has 0 bridgehead atoms. The van der Waals surface area contributed by atoms with Crippen LogP contribution in [0.25, 0.3) is 21.9 Å². The van der Waals surface area contributed by atoms with Gasteiger partial charge in [0.05, 0.1) is 17.2 Å². The van der Waals surface area contributed by atoms with Gasteiger partial charge in [-0.25, -0.2) is 0 Å². The van der Waals surface area contributed by atoms with Gasteiger partial charge in [0.15, 0.2) is 0 Å². The molecule has 0 spiro atoms. The molecule has 3 aromatic carbocycles. The number of amides is 1. The molecule has 0 saturated heterocycles. The van der Waals surface area contributed by atoms with Crippen molar-refractivity contribution in [1.29, 1.82) is 0 Å². The first-order chi connectivity index (χ1) is 12.2. The largest absolute Gasteiger partial charge is 0.456 e. The first-order valence-electron chi connectivity index (χ1n) is 8.00. The number of rotatable bonds is 3. The lowest BCUT2D eigenvalue weighted by atomic mass is 10.1. The van der Waals surface area contributed by atoms with Crippen LogP contribution in [0.5, 0.6) is 0 Å². The van der Waals surface area contributed by atoms with Gasteiger partial charge in [-0.3, -0.25) is 9.59 Å². The number of carbonyl (C=O) groups is 1. The minimum absolute atomic E-state index is 0.0704. The lowest BCUT2D eigenvalue weighted by Crippen LogP contribution is -2.14. The minimum atomic E-state index is -0.117. The van der Waals surface area contributed by atoms with Crippen LogP contribution in [0.2, 0.25) is 0 Å². The smallest absolute Gasteiger partial charge is 0.228 e. The fourth-order valence-corrected chi connectivity index (χ4v) is 2.87. The molecule has 1 N–H and O–H groups in total. The third-order valence-corrected chi connectivity index (χ3v) is 4.07. The summed E-state index contributed by atoms with van der Waals surface area (Å²) in [6.07, 6.45) is 0.292. The molecule has 0 fully saturated rings. The average Bonchev–Trinajstić information content (AvgIpc) is 2.62. The highest BCUT2D eigenvalue weighted by Crippen LogP contribution is 2.21. The highest BCUT2D eigenvalue weighted by Gasteiger charge is 2.09. The summed E-state index contributed by atoms with van der Waals surface area (Å²) < 4.78 is 5.82. The molecule has 0 atom stereocenters. The Kier molecular flexibility index (Phi) is 3.78. The summed E-state index contributed by atoms with van der Waals surface area (Å²) in [7, 11) is 0. The maximum Gasteiger partial charge on any atom is 0.228 e. The van der Waals surface area contributed by atoms with Crippen molar-refractivity contribution in [3.63, 3.8) is 0 Å². The van der Waals surface area contributed by atoms with Gasteiger partial charge in [-0.1, -0.05) is 42.5 Å². The van der Waals surface area contributed by atoms with E-state index >= 15 is 0 Å². The number of fused-ring (bicyclic) bond motifs is 2. The summed E-state index contributed by atoms with van der Waals surface area (Å²) in [5.74, 6) is -0.117. The van der Waals surface area contributed by atoms with Gasteiger partial charge < -0.3 is 9.73 Å². The van der Waals surface area contributed by atoms with Gasteiger partial charge >= 0.3 is 0 Å². The number of anilines is 1. The van der Waals surface area contributed by atoms with E-state index in [-0.39, 0.29) is 11.3 Å². The van der Waals surface area contributed by atoms with Crippen molar-refractivity contribution in [2.75, 3.05) is 5.32 Å². The molecule has 0 aliphatic heterocycles. The zero-order chi connectivity index (χ0) is 17.2. The quantitative estimate of drug-likeness (QED) is 0.575. The molecular weight excluding hydrogens is 314 g/mol. The molecule has 0 aliphatic carbocycles. The Hall–Kier alpha value is -3.40. The standard InChI is InChI=1S/C21H15NO3/c23-20(12-14-6-2-1-3-7-14)22-15-10-11-17-19(13-15)25-18-9-5-4-8-16(18)21(17)24/h1-11,13H,12H2,(H,22,23). The van der Waals surface area contributed by atoms with Crippen molar-refractivity contribution in [3.05, 3.63) is 88.6 Å². The number of nitrogens with one attached hydrogen (secondary N) is 1. The fraction of sp³-hybridized carbons (Fsp3) is 0.0476. The monoisotopic (exact) mass is 329 g/mol. The summed E-state index contributed by atoms with van der Waals surface area (Å²) in [5, 5.41) is 3.90. The van der Waals surface area contributed by atoms with Gasteiger partial charge in [-0.15, -0.1) is 0 Å². The Labute approximate surface area is 143 Å². The molecule has 1 aromatic heterocycles. The Bertz CT molecular complexity index is 1130. The molecule has 4 heteroatoms. The molecule has 0 unspecified atom stereocenters. The second-order valence-corrected chi connectivity index (χ2v) is 5.85. The summed E-state index contributed by atoms with van der Waals surface area (Å²) in [5.41, 5.74) is 2.47. The Balaban J connectivity index is 1.66. The predicted octanol–water partition coefficient (Wildman–Crippen LogP) is 4.13. The van der Waals surface area contributed by atoms with E-state index in [4.69, 9.17) is 4.42 Å². The van der Waals surface area contributed by atoms with Gasteiger partial charge in [0.25, 0.3) is 0 Å². The molecule has 4 aromatic rings. The second kappa shape index (κ2) is 6.24. The van der Waals surface area contributed by atoms with Gasteiger partial charge in [0, 0.05) is 11.8 Å². The van der Waals surface area contributed by atoms with Crippen LogP contribution >= 0.6 is 0 Å². The lowest BCUT2D eigenvalue weighted by Gasteiger charge is -2.07. The maximum absolute atomic E-state index is 12.5.